The molecule has 1 aromatic heterocycles. The maximum absolute atomic E-state index is 12.2. The summed E-state index contributed by atoms with van der Waals surface area (Å²) < 4.78 is 5.40. The second kappa shape index (κ2) is 5.29. The molecule has 0 unspecified atom stereocenters. The van der Waals surface area contributed by atoms with Crippen molar-refractivity contribution in [1.29, 1.82) is 0 Å². The molecule has 2 aromatic rings. The van der Waals surface area contributed by atoms with Crippen LogP contribution in [0.3, 0.4) is 0 Å². The summed E-state index contributed by atoms with van der Waals surface area (Å²) >= 11 is 1.39. The minimum Gasteiger partial charge on any atom is -0.456 e. The Morgan fingerprint density at radius 3 is 2.35 bits per heavy atom. The summed E-state index contributed by atoms with van der Waals surface area (Å²) in [5, 5.41) is 0. The Balaban J connectivity index is 2.41. The first kappa shape index (κ1) is 14.6. The third kappa shape index (κ3) is 3.02. The molecule has 0 amide bonds. The van der Waals surface area contributed by atoms with Crippen LogP contribution in [0.2, 0.25) is 0 Å². The molecular formula is C16H19NO2S. The molecule has 0 aliphatic rings. The monoisotopic (exact) mass is 289 g/mol. The molecule has 2 rings (SSSR count). The van der Waals surface area contributed by atoms with Gasteiger partial charge in [0.05, 0.1) is 5.69 Å². The zero-order valence-electron chi connectivity index (χ0n) is 12.2. The first-order valence-electron chi connectivity index (χ1n) is 6.47. The van der Waals surface area contributed by atoms with Gasteiger partial charge in [0.15, 0.2) is 0 Å². The third-order valence-corrected chi connectivity index (χ3v) is 4.15. The lowest BCUT2D eigenvalue weighted by Crippen LogP contribution is -2.23. The predicted molar refractivity (Wildman–Crippen MR) is 84.1 cm³/mol. The molecule has 4 heteroatoms. The van der Waals surface area contributed by atoms with E-state index in [0.717, 1.165) is 16.0 Å². The van der Waals surface area contributed by atoms with E-state index in [1.807, 2.05) is 58.0 Å². The predicted octanol–water partition coefficient (Wildman–Crippen LogP) is 4.26. The lowest BCUT2D eigenvalue weighted by molar-refractivity contribution is 0.00763. The molecule has 0 atom stereocenters. The molecule has 1 aromatic carbocycles. The molecule has 0 radical (unpaired) electrons. The largest absolute Gasteiger partial charge is 0.456 e. The molecule has 3 nitrogen and oxygen atoms in total. The molecule has 0 saturated carbocycles. The van der Waals surface area contributed by atoms with Gasteiger partial charge in [-0.3, -0.25) is 0 Å². The quantitative estimate of drug-likeness (QED) is 0.840. The van der Waals surface area contributed by atoms with Crippen LogP contribution in [0.25, 0.3) is 10.4 Å². The normalized spacial score (nSPS) is 11.4. The average molecular weight is 289 g/mol. The molecule has 0 aliphatic carbocycles. The molecule has 0 saturated heterocycles. The highest BCUT2D eigenvalue weighted by Crippen LogP contribution is 2.38. The van der Waals surface area contributed by atoms with E-state index in [1.165, 1.54) is 11.3 Å². The van der Waals surface area contributed by atoms with E-state index in [0.29, 0.717) is 10.6 Å². The number of carbonyl (C=O) groups is 1. The summed E-state index contributed by atoms with van der Waals surface area (Å²) in [5.41, 5.74) is 8.07. The van der Waals surface area contributed by atoms with Gasteiger partial charge in [-0.1, -0.05) is 30.3 Å². The molecule has 0 spiro atoms. The van der Waals surface area contributed by atoms with Crippen LogP contribution >= 0.6 is 11.3 Å². The molecule has 20 heavy (non-hydrogen) atoms. The fourth-order valence-electron chi connectivity index (χ4n) is 1.87. The SMILES string of the molecule is Cc1c(-c2ccccc2)sc(C(=O)OC(C)(C)C)c1N. The number of rotatable bonds is 2. The van der Waals surface area contributed by atoms with E-state index in [2.05, 4.69) is 0 Å². The maximum atomic E-state index is 12.2. The van der Waals surface area contributed by atoms with Gasteiger partial charge in [0.1, 0.15) is 10.5 Å². The van der Waals surface area contributed by atoms with Gasteiger partial charge in [-0.15, -0.1) is 11.3 Å². The lowest BCUT2D eigenvalue weighted by Gasteiger charge is -2.19. The molecule has 106 valence electrons. The molecule has 1 heterocycles. The van der Waals surface area contributed by atoms with E-state index in [4.69, 9.17) is 10.5 Å². The smallest absolute Gasteiger partial charge is 0.351 e. The summed E-state index contributed by atoms with van der Waals surface area (Å²) in [7, 11) is 0. The van der Waals surface area contributed by atoms with E-state index in [9.17, 15) is 4.79 Å². The number of nitrogen functional groups attached to an aromatic ring is 1. The van der Waals surface area contributed by atoms with Crippen molar-refractivity contribution < 1.29 is 9.53 Å². The van der Waals surface area contributed by atoms with Crippen molar-refractivity contribution in [3.05, 3.63) is 40.8 Å². The second-order valence-corrected chi connectivity index (χ2v) is 6.69. The number of hydrogen-bond acceptors (Lipinski definition) is 4. The van der Waals surface area contributed by atoms with Gasteiger partial charge in [0.2, 0.25) is 0 Å². The summed E-state index contributed by atoms with van der Waals surface area (Å²) in [4.78, 5) is 13.7. The Morgan fingerprint density at radius 2 is 1.80 bits per heavy atom. The average Bonchev–Trinajstić information content (AvgIpc) is 2.66. The Labute approximate surface area is 123 Å². The van der Waals surface area contributed by atoms with Crippen molar-refractivity contribution in [2.75, 3.05) is 5.73 Å². The highest BCUT2D eigenvalue weighted by molar-refractivity contribution is 7.18. The van der Waals surface area contributed by atoms with Crippen molar-refractivity contribution in [3.63, 3.8) is 0 Å². The summed E-state index contributed by atoms with van der Waals surface area (Å²) in [6.07, 6.45) is 0. The minimum atomic E-state index is -0.520. The van der Waals surface area contributed by atoms with Crippen LogP contribution in [0.5, 0.6) is 0 Å². The zero-order valence-corrected chi connectivity index (χ0v) is 13.0. The second-order valence-electron chi connectivity index (χ2n) is 5.67. The van der Waals surface area contributed by atoms with Crippen molar-refractivity contribution in [1.82, 2.24) is 0 Å². The van der Waals surface area contributed by atoms with Crippen molar-refractivity contribution in [3.8, 4) is 10.4 Å². The first-order valence-corrected chi connectivity index (χ1v) is 7.29. The number of esters is 1. The summed E-state index contributed by atoms with van der Waals surface area (Å²) in [5.74, 6) is -0.356. The van der Waals surface area contributed by atoms with Gasteiger partial charge < -0.3 is 10.5 Å². The Hall–Kier alpha value is -1.81. The Kier molecular flexibility index (Phi) is 3.86. The molecule has 2 N–H and O–H groups in total. The van der Waals surface area contributed by atoms with Gasteiger partial charge in [-0.05, 0) is 38.8 Å². The van der Waals surface area contributed by atoms with Crippen LogP contribution < -0.4 is 5.73 Å². The Morgan fingerprint density at radius 1 is 1.20 bits per heavy atom. The van der Waals surface area contributed by atoms with E-state index in [-0.39, 0.29) is 5.97 Å². The van der Waals surface area contributed by atoms with E-state index < -0.39 is 5.60 Å². The van der Waals surface area contributed by atoms with E-state index >= 15 is 0 Å². The van der Waals surface area contributed by atoms with Crippen LogP contribution in [0.15, 0.2) is 30.3 Å². The van der Waals surface area contributed by atoms with E-state index in [1.54, 1.807) is 0 Å². The summed E-state index contributed by atoms with van der Waals surface area (Å²) in [6.45, 7) is 7.47. The standard InChI is InChI=1S/C16H19NO2S/c1-10-12(17)14(15(18)19-16(2,3)4)20-13(10)11-8-6-5-7-9-11/h5-9H,17H2,1-4H3. The van der Waals surface area contributed by atoms with Gasteiger partial charge >= 0.3 is 5.97 Å². The van der Waals surface area contributed by atoms with Crippen LogP contribution in [-0.4, -0.2) is 11.6 Å². The fourth-order valence-corrected chi connectivity index (χ4v) is 2.98. The minimum absolute atomic E-state index is 0.356. The molecule has 0 bridgehead atoms. The zero-order chi connectivity index (χ0) is 14.9. The Bertz CT molecular complexity index is 624. The summed E-state index contributed by atoms with van der Waals surface area (Å²) in [6, 6.07) is 9.93. The van der Waals surface area contributed by atoms with Crippen molar-refractivity contribution >= 4 is 23.0 Å². The number of carbonyl (C=O) groups excluding carboxylic acids is 1. The first-order chi connectivity index (χ1) is 9.29. The van der Waals surface area contributed by atoms with Crippen molar-refractivity contribution in [2.24, 2.45) is 0 Å². The topological polar surface area (TPSA) is 52.3 Å². The van der Waals surface area contributed by atoms with Gasteiger partial charge in [0.25, 0.3) is 0 Å². The fraction of sp³-hybridized carbons (Fsp3) is 0.312. The lowest BCUT2D eigenvalue weighted by atomic mass is 10.1. The van der Waals surface area contributed by atoms with Gasteiger partial charge in [-0.2, -0.15) is 0 Å². The highest BCUT2D eigenvalue weighted by atomic mass is 32.1. The highest BCUT2D eigenvalue weighted by Gasteiger charge is 2.24. The van der Waals surface area contributed by atoms with Crippen LogP contribution in [0.4, 0.5) is 5.69 Å². The number of thiophene rings is 1. The number of anilines is 1. The third-order valence-electron chi connectivity index (χ3n) is 2.81. The van der Waals surface area contributed by atoms with Gasteiger partial charge in [0, 0.05) is 4.88 Å². The van der Waals surface area contributed by atoms with Crippen LogP contribution in [-0.2, 0) is 4.74 Å². The molecule has 0 fully saturated rings. The molecule has 0 aliphatic heterocycles. The van der Waals surface area contributed by atoms with Crippen LogP contribution in [0, 0.1) is 6.92 Å². The molecular weight excluding hydrogens is 270 g/mol. The number of hydrogen-bond donors (Lipinski definition) is 1. The van der Waals surface area contributed by atoms with Gasteiger partial charge in [-0.25, -0.2) is 4.79 Å². The number of benzene rings is 1. The van der Waals surface area contributed by atoms with Crippen molar-refractivity contribution in [2.45, 2.75) is 33.3 Å². The maximum Gasteiger partial charge on any atom is 0.351 e. The van der Waals surface area contributed by atoms with Crippen LogP contribution in [0.1, 0.15) is 36.0 Å². The number of nitrogens with two attached hydrogens (primary N) is 1. The number of ether oxygens (including phenoxy) is 1.